The van der Waals surface area contributed by atoms with E-state index in [1.807, 2.05) is 0 Å². The van der Waals surface area contributed by atoms with Crippen molar-refractivity contribution in [2.75, 3.05) is 11.1 Å². The van der Waals surface area contributed by atoms with Gasteiger partial charge in [0.15, 0.2) is 0 Å². The molecule has 1 amide bonds. The zero-order valence-electron chi connectivity index (χ0n) is 17.9. The van der Waals surface area contributed by atoms with Gasteiger partial charge in [-0.05, 0) is 42.9 Å². The summed E-state index contributed by atoms with van der Waals surface area (Å²) in [5.41, 5.74) is 0.583. The van der Waals surface area contributed by atoms with Crippen LogP contribution < -0.4 is 9.84 Å². The predicted octanol–water partition coefficient (Wildman–Crippen LogP) is 6.49. The maximum Gasteiger partial charge on any atom is 0.524 e. The van der Waals surface area contributed by atoms with Gasteiger partial charge in [0, 0.05) is 12.1 Å². The third-order valence-electron chi connectivity index (χ3n) is 4.92. The molecule has 0 saturated carbocycles. The average Bonchev–Trinajstić information content (AvgIpc) is 2.68. The van der Waals surface area contributed by atoms with Crippen molar-refractivity contribution in [3.05, 3.63) is 24.3 Å². The maximum atomic E-state index is 12.0. The van der Waals surface area contributed by atoms with Crippen LogP contribution in [0.4, 0.5) is 5.69 Å². The first-order valence-electron chi connectivity index (χ1n) is 11.2. The highest BCUT2D eigenvalue weighted by Gasteiger charge is 2.15. The van der Waals surface area contributed by atoms with Crippen LogP contribution in [-0.2, 0) is 9.36 Å². The number of thiol groups is 1. The molecule has 0 spiro atoms. The third kappa shape index (κ3) is 15.8. The van der Waals surface area contributed by atoms with Gasteiger partial charge in [-0.15, -0.1) is 0 Å². The second-order valence-corrected chi connectivity index (χ2v) is 9.34. The Labute approximate surface area is 186 Å². The topological polar surface area (TPSA) is 95.9 Å². The molecule has 0 aliphatic heterocycles. The number of rotatable bonds is 18. The molecule has 0 radical (unpaired) electrons. The lowest BCUT2D eigenvalue weighted by Gasteiger charge is -2.08. The van der Waals surface area contributed by atoms with Crippen molar-refractivity contribution in [2.45, 2.75) is 89.9 Å². The van der Waals surface area contributed by atoms with Crippen LogP contribution in [0.15, 0.2) is 24.3 Å². The molecule has 0 heterocycles. The summed E-state index contributed by atoms with van der Waals surface area (Å²) >= 11 is 4.23. The number of anilines is 1. The average molecular weight is 460 g/mol. The lowest BCUT2D eigenvalue weighted by molar-refractivity contribution is -0.116. The van der Waals surface area contributed by atoms with Crippen LogP contribution in [0.1, 0.15) is 89.9 Å². The zero-order chi connectivity index (χ0) is 22.1. The smallest absolute Gasteiger partial charge is 0.404 e. The van der Waals surface area contributed by atoms with E-state index >= 15 is 0 Å². The monoisotopic (exact) mass is 459 g/mol. The first-order valence-corrected chi connectivity index (χ1v) is 13.3. The van der Waals surface area contributed by atoms with Crippen molar-refractivity contribution in [2.24, 2.45) is 0 Å². The van der Waals surface area contributed by atoms with Gasteiger partial charge in [-0.2, -0.15) is 12.6 Å². The molecule has 0 fully saturated rings. The number of carbonyl (C=O) groups is 1. The number of amides is 1. The third-order valence-corrected chi connectivity index (χ3v) is 5.69. The highest BCUT2D eigenvalue weighted by molar-refractivity contribution is 7.80. The fourth-order valence-corrected chi connectivity index (χ4v) is 3.92. The van der Waals surface area contributed by atoms with E-state index in [1.165, 1.54) is 82.8 Å². The van der Waals surface area contributed by atoms with Gasteiger partial charge in [-0.3, -0.25) is 14.6 Å². The Morgan fingerprint density at radius 3 is 1.67 bits per heavy atom. The lowest BCUT2D eigenvalue weighted by Crippen LogP contribution is -2.10. The highest BCUT2D eigenvalue weighted by atomic mass is 32.1. The van der Waals surface area contributed by atoms with E-state index in [-0.39, 0.29) is 11.7 Å². The van der Waals surface area contributed by atoms with Crippen molar-refractivity contribution >= 4 is 32.0 Å². The molecule has 1 aromatic carbocycles. The lowest BCUT2D eigenvalue weighted by atomic mass is 10.0. The number of phosphoric acid groups is 1. The van der Waals surface area contributed by atoms with Crippen LogP contribution >= 0.6 is 20.5 Å². The summed E-state index contributed by atoms with van der Waals surface area (Å²) in [5.74, 6) is 1.02. The van der Waals surface area contributed by atoms with Crippen molar-refractivity contribution in [1.82, 2.24) is 0 Å². The number of unbranched alkanes of at least 4 members (excludes halogenated alkanes) is 12. The Hall–Kier alpha value is -1.01. The van der Waals surface area contributed by atoms with Gasteiger partial charge in [-0.1, -0.05) is 70.6 Å². The Balaban J connectivity index is 1.95. The summed E-state index contributed by atoms with van der Waals surface area (Å²) in [6.45, 7) is 0. The molecule has 0 atom stereocenters. The van der Waals surface area contributed by atoms with Gasteiger partial charge in [-0.25, -0.2) is 4.57 Å². The Morgan fingerprint density at radius 2 is 1.23 bits per heavy atom. The molecule has 0 bridgehead atoms. The molecule has 0 aliphatic rings. The quantitative estimate of drug-likeness (QED) is 0.114. The molecule has 6 nitrogen and oxygen atoms in total. The SMILES string of the molecule is O=C(CCCCCCCCCCCCCCCS)Nc1ccc(OP(=O)(O)O)cc1. The molecule has 8 heteroatoms. The molecular weight excluding hydrogens is 421 g/mol. The molecular formula is C22H38NO5PS. The number of hydrogen-bond donors (Lipinski definition) is 4. The van der Waals surface area contributed by atoms with E-state index < -0.39 is 7.82 Å². The standard InChI is InChI=1S/C22H38NO5PS/c24-22(23-20-15-17-21(18-16-20)28-29(25,26)27)14-12-10-8-6-4-2-1-3-5-7-9-11-13-19-30/h15-18,30H,1-14,19H2,(H,23,24)(H2,25,26,27). The second-order valence-electron chi connectivity index (χ2n) is 7.72. The second kappa shape index (κ2) is 16.7. The van der Waals surface area contributed by atoms with Crippen LogP contribution in [0.5, 0.6) is 5.75 Å². The van der Waals surface area contributed by atoms with E-state index in [2.05, 4.69) is 22.5 Å². The Morgan fingerprint density at radius 1 is 0.800 bits per heavy atom. The first-order chi connectivity index (χ1) is 14.4. The predicted molar refractivity (Wildman–Crippen MR) is 126 cm³/mol. The van der Waals surface area contributed by atoms with Crippen LogP contribution in [0, 0.1) is 0 Å². The summed E-state index contributed by atoms with van der Waals surface area (Å²) in [6.07, 6.45) is 16.8. The fourth-order valence-electron chi connectivity index (χ4n) is 3.30. The van der Waals surface area contributed by atoms with Crippen LogP contribution in [0.25, 0.3) is 0 Å². The Kier molecular flexibility index (Phi) is 15.0. The van der Waals surface area contributed by atoms with Crippen molar-refractivity contribution in [3.8, 4) is 5.75 Å². The van der Waals surface area contributed by atoms with Gasteiger partial charge in [0.1, 0.15) is 5.75 Å². The highest BCUT2D eigenvalue weighted by Crippen LogP contribution is 2.37. The van der Waals surface area contributed by atoms with E-state index in [0.717, 1.165) is 18.6 Å². The summed E-state index contributed by atoms with van der Waals surface area (Å²) < 4.78 is 15.2. The van der Waals surface area contributed by atoms with E-state index in [9.17, 15) is 9.36 Å². The molecule has 172 valence electrons. The number of hydrogen-bond acceptors (Lipinski definition) is 4. The summed E-state index contributed by atoms with van der Waals surface area (Å²) in [5, 5.41) is 2.79. The summed E-state index contributed by atoms with van der Waals surface area (Å²) in [7, 11) is -4.56. The fraction of sp³-hybridized carbons (Fsp3) is 0.682. The van der Waals surface area contributed by atoms with Gasteiger partial charge >= 0.3 is 7.82 Å². The summed E-state index contributed by atoms with van der Waals surface area (Å²) in [6, 6.07) is 5.95. The minimum atomic E-state index is -4.56. The first kappa shape index (κ1) is 27.0. The van der Waals surface area contributed by atoms with Gasteiger partial charge < -0.3 is 9.84 Å². The van der Waals surface area contributed by atoms with Gasteiger partial charge in [0.25, 0.3) is 0 Å². The number of benzene rings is 1. The minimum absolute atomic E-state index is 0.0481. The Bertz CT molecular complexity index is 620. The largest absolute Gasteiger partial charge is 0.524 e. The molecule has 0 aliphatic carbocycles. The van der Waals surface area contributed by atoms with E-state index in [1.54, 1.807) is 12.1 Å². The number of nitrogens with one attached hydrogen (secondary N) is 1. The molecule has 3 N–H and O–H groups in total. The molecule has 0 unspecified atom stereocenters. The van der Waals surface area contributed by atoms with Crippen LogP contribution in [0.2, 0.25) is 0 Å². The van der Waals surface area contributed by atoms with Crippen molar-refractivity contribution in [1.29, 1.82) is 0 Å². The van der Waals surface area contributed by atoms with Gasteiger partial charge in [0.05, 0.1) is 0 Å². The molecule has 0 saturated heterocycles. The zero-order valence-corrected chi connectivity index (χ0v) is 19.7. The van der Waals surface area contributed by atoms with Crippen molar-refractivity contribution < 1.29 is 23.7 Å². The number of phosphoric ester groups is 1. The van der Waals surface area contributed by atoms with Crippen LogP contribution in [-0.4, -0.2) is 21.4 Å². The molecule has 1 aromatic rings. The maximum absolute atomic E-state index is 12.0. The normalized spacial score (nSPS) is 11.4. The molecule has 30 heavy (non-hydrogen) atoms. The molecule has 0 aromatic heterocycles. The van der Waals surface area contributed by atoms with Gasteiger partial charge in [0.2, 0.25) is 5.91 Å². The summed E-state index contributed by atoms with van der Waals surface area (Å²) in [4.78, 5) is 29.5. The van der Waals surface area contributed by atoms with E-state index in [4.69, 9.17) is 9.79 Å². The number of carbonyl (C=O) groups excluding carboxylic acids is 1. The minimum Gasteiger partial charge on any atom is -0.404 e. The van der Waals surface area contributed by atoms with Crippen molar-refractivity contribution in [3.63, 3.8) is 0 Å². The molecule has 1 rings (SSSR count). The van der Waals surface area contributed by atoms with Crippen LogP contribution in [0.3, 0.4) is 0 Å². The van der Waals surface area contributed by atoms with E-state index in [0.29, 0.717) is 12.1 Å².